The number of hydrogen-bond acceptors (Lipinski definition) is 4. The minimum absolute atomic E-state index is 0.158. The highest BCUT2D eigenvalue weighted by molar-refractivity contribution is 9.10. The van der Waals surface area contributed by atoms with Crippen LogP contribution in [-0.2, 0) is 11.3 Å². The molecule has 0 saturated carbocycles. The zero-order valence-electron chi connectivity index (χ0n) is 14.3. The van der Waals surface area contributed by atoms with Crippen LogP contribution in [0.15, 0.2) is 40.9 Å². The van der Waals surface area contributed by atoms with Crippen LogP contribution in [0.5, 0.6) is 11.5 Å². The average Bonchev–Trinajstić information content (AvgIpc) is 2.61. The molecule has 2 N–H and O–H groups in total. The molecule has 0 aliphatic heterocycles. The van der Waals surface area contributed by atoms with Crippen LogP contribution in [0, 0.1) is 0 Å². The second-order valence-electron chi connectivity index (χ2n) is 5.53. The molecule has 0 unspecified atom stereocenters. The van der Waals surface area contributed by atoms with E-state index in [1.807, 2.05) is 24.3 Å². The van der Waals surface area contributed by atoms with Crippen molar-refractivity contribution in [2.24, 2.45) is 5.73 Å². The number of nitrogens with two attached hydrogens (primary N) is 1. The highest BCUT2D eigenvalue weighted by Gasteiger charge is 2.19. The minimum atomic E-state index is -0.641. The molecular weight excluding hydrogens is 424 g/mol. The van der Waals surface area contributed by atoms with Crippen LogP contribution in [0.2, 0.25) is 5.02 Å². The van der Waals surface area contributed by atoms with E-state index in [4.69, 9.17) is 26.8 Å². The average molecular weight is 442 g/mol. The van der Waals surface area contributed by atoms with Crippen molar-refractivity contribution >= 4 is 39.3 Å². The Morgan fingerprint density at radius 3 is 2.46 bits per heavy atom. The molecule has 0 saturated heterocycles. The molecule has 0 aromatic heterocycles. The van der Waals surface area contributed by atoms with Crippen molar-refractivity contribution in [1.82, 2.24) is 4.90 Å². The van der Waals surface area contributed by atoms with Crippen molar-refractivity contribution in [3.8, 4) is 11.5 Å². The Hall–Kier alpha value is -2.25. The van der Waals surface area contributed by atoms with Crippen molar-refractivity contribution in [2.45, 2.75) is 6.54 Å². The molecule has 2 rings (SSSR count). The number of carbonyl (C=O) groups is 2. The van der Waals surface area contributed by atoms with Crippen molar-refractivity contribution in [3.05, 3.63) is 57.0 Å². The Morgan fingerprint density at radius 1 is 1.23 bits per heavy atom. The van der Waals surface area contributed by atoms with E-state index in [1.54, 1.807) is 11.9 Å². The molecule has 0 aliphatic rings. The predicted molar refractivity (Wildman–Crippen MR) is 103 cm³/mol. The summed E-state index contributed by atoms with van der Waals surface area (Å²) in [6, 6.07) is 10.7. The molecule has 0 spiro atoms. The van der Waals surface area contributed by atoms with Gasteiger partial charge in [-0.15, -0.1) is 0 Å². The first kappa shape index (κ1) is 20.1. The summed E-state index contributed by atoms with van der Waals surface area (Å²) >= 11 is 9.57. The second-order valence-corrected chi connectivity index (χ2v) is 6.85. The highest BCUT2D eigenvalue weighted by atomic mass is 79.9. The molecule has 2 amide bonds. The Labute approximate surface area is 164 Å². The summed E-state index contributed by atoms with van der Waals surface area (Å²) in [7, 11) is 3.12. The van der Waals surface area contributed by atoms with E-state index in [0.29, 0.717) is 12.1 Å². The van der Waals surface area contributed by atoms with Crippen LogP contribution in [0.1, 0.15) is 15.9 Å². The van der Waals surface area contributed by atoms with Crippen LogP contribution in [0.4, 0.5) is 0 Å². The third-order valence-electron chi connectivity index (χ3n) is 3.51. The number of hydrogen-bond donors (Lipinski definition) is 1. The van der Waals surface area contributed by atoms with Crippen LogP contribution in [0.3, 0.4) is 0 Å². The topological polar surface area (TPSA) is 81.9 Å². The number of primary amides is 1. The maximum absolute atomic E-state index is 12.7. The third-order valence-corrected chi connectivity index (χ3v) is 4.32. The SMILES string of the molecule is COc1cc(C(=O)N(C)Cc2ccc(Br)cc2)cc(Cl)c1OCC(N)=O. The van der Waals surface area contributed by atoms with Crippen LogP contribution in [-0.4, -0.2) is 37.5 Å². The lowest BCUT2D eigenvalue weighted by Crippen LogP contribution is -2.26. The Balaban J connectivity index is 2.20. The number of rotatable bonds is 7. The van der Waals surface area contributed by atoms with Crippen molar-refractivity contribution in [3.63, 3.8) is 0 Å². The van der Waals surface area contributed by atoms with Gasteiger partial charge in [0.2, 0.25) is 0 Å². The number of nitrogens with zero attached hydrogens (tertiary/aromatic N) is 1. The van der Waals surface area contributed by atoms with Gasteiger partial charge in [-0.25, -0.2) is 0 Å². The number of carbonyl (C=O) groups excluding carboxylic acids is 2. The van der Waals surface area contributed by atoms with Gasteiger partial charge in [-0.2, -0.15) is 0 Å². The second kappa shape index (κ2) is 8.91. The molecule has 138 valence electrons. The number of methoxy groups -OCH3 is 1. The quantitative estimate of drug-likeness (QED) is 0.715. The fraction of sp³-hybridized carbons (Fsp3) is 0.222. The number of benzene rings is 2. The Kier molecular flexibility index (Phi) is 6.88. The van der Waals surface area contributed by atoms with Gasteiger partial charge in [0, 0.05) is 23.6 Å². The van der Waals surface area contributed by atoms with Crippen molar-refractivity contribution in [1.29, 1.82) is 0 Å². The largest absolute Gasteiger partial charge is 0.493 e. The lowest BCUT2D eigenvalue weighted by molar-refractivity contribution is -0.119. The molecule has 0 atom stereocenters. The lowest BCUT2D eigenvalue weighted by Gasteiger charge is -2.19. The number of halogens is 2. The molecule has 0 aliphatic carbocycles. The first-order valence-corrected chi connectivity index (χ1v) is 8.77. The summed E-state index contributed by atoms with van der Waals surface area (Å²) in [5.41, 5.74) is 6.41. The monoisotopic (exact) mass is 440 g/mol. The van der Waals surface area contributed by atoms with Gasteiger partial charge in [0.15, 0.2) is 18.1 Å². The van der Waals surface area contributed by atoms with Gasteiger partial charge in [-0.3, -0.25) is 9.59 Å². The molecule has 0 fully saturated rings. The van der Waals surface area contributed by atoms with Gasteiger partial charge in [0.25, 0.3) is 11.8 Å². The molecule has 2 aromatic rings. The maximum Gasteiger partial charge on any atom is 0.255 e. The van der Waals surface area contributed by atoms with E-state index in [-0.39, 0.29) is 29.0 Å². The summed E-state index contributed by atoms with van der Waals surface area (Å²) in [5.74, 6) is -0.453. The zero-order chi connectivity index (χ0) is 19.3. The molecule has 0 radical (unpaired) electrons. The van der Waals surface area contributed by atoms with Gasteiger partial charge in [0.1, 0.15) is 0 Å². The first-order valence-electron chi connectivity index (χ1n) is 7.60. The van der Waals surface area contributed by atoms with Gasteiger partial charge < -0.3 is 20.1 Å². The van der Waals surface area contributed by atoms with Crippen LogP contribution >= 0.6 is 27.5 Å². The summed E-state index contributed by atoms with van der Waals surface area (Å²) in [6.45, 7) is 0.0960. The summed E-state index contributed by atoms with van der Waals surface area (Å²) in [5, 5.41) is 0.158. The van der Waals surface area contributed by atoms with Crippen LogP contribution in [0.25, 0.3) is 0 Å². The van der Waals surface area contributed by atoms with Crippen LogP contribution < -0.4 is 15.2 Å². The van der Waals surface area contributed by atoms with Crippen molar-refractivity contribution < 1.29 is 19.1 Å². The molecule has 2 aromatic carbocycles. The molecular formula is C18H18BrClN2O4. The standard InChI is InChI=1S/C18H18BrClN2O4/c1-22(9-11-3-5-13(19)6-4-11)18(24)12-7-14(20)17(15(8-12)25-2)26-10-16(21)23/h3-8H,9-10H2,1-2H3,(H2,21,23). The van der Waals surface area contributed by atoms with E-state index in [0.717, 1.165) is 10.0 Å². The van der Waals surface area contributed by atoms with E-state index < -0.39 is 5.91 Å². The lowest BCUT2D eigenvalue weighted by atomic mass is 10.1. The smallest absolute Gasteiger partial charge is 0.255 e. The highest BCUT2D eigenvalue weighted by Crippen LogP contribution is 2.36. The fourth-order valence-electron chi connectivity index (χ4n) is 2.28. The molecule has 6 nitrogen and oxygen atoms in total. The Morgan fingerprint density at radius 2 is 1.88 bits per heavy atom. The first-order chi connectivity index (χ1) is 12.3. The third kappa shape index (κ3) is 5.12. The molecule has 0 bridgehead atoms. The van der Waals surface area contributed by atoms with Gasteiger partial charge in [0.05, 0.1) is 12.1 Å². The van der Waals surface area contributed by atoms with E-state index in [9.17, 15) is 9.59 Å². The summed E-state index contributed by atoms with van der Waals surface area (Å²) < 4.78 is 11.5. The van der Waals surface area contributed by atoms with Crippen molar-refractivity contribution in [2.75, 3.05) is 20.8 Å². The van der Waals surface area contributed by atoms with E-state index in [2.05, 4.69) is 15.9 Å². The summed E-state index contributed by atoms with van der Waals surface area (Å²) in [4.78, 5) is 25.2. The molecule has 0 heterocycles. The summed E-state index contributed by atoms with van der Waals surface area (Å²) in [6.07, 6.45) is 0. The van der Waals surface area contributed by atoms with Gasteiger partial charge >= 0.3 is 0 Å². The fourth-order valence-corrected chi connectivity index (χ4v) is 2.81. The molecule has 8 heteroatoms. The Bertz CT molecular complexity index is 812. The van der Waals surface area contributed by atoms with E-state index in [1.165, 1.54) is 19.2 Å². The van der Waals surface area contributed by atoms with E-state index >= 15 is 0 Å². The zero-order valence-corrected chi connectivity index (χ0v) is 16.6. The number of amides is 2. The minimum Gasteiger partial charge on any atom is -0.493 e. The molecule has 26 heavy (non-hydrogen) atoms. The predicted octanol–water partition coefficient (Wildman–Crippen LogP) is 3.25. The normalized spacial score (nSPS) is 10.3. The maximum atomic E-state index is 12.7. The van der Waals surface area contributed by atoms with Gasteiger partial charge in [-0.1, -0.05) is 39.7 Å². The number of ether oxygens (including phenoxy) is 2. The van der Waals surface area contributed by atoms with Gasteiger partial charge in [-0.05, 0) is 29.8 Å².